The molecule has 2 aromatic rings. The summed E-state index contributed by atoms with van der Waals surface area (Å²) in [5, 5.41) is 3.52. The Balaban J connectivity index is 1.71. The van der Waals surface area contributed by atoms with E-state index in [1.807, 2.05) is 12.1 Å². The van der Waals surface area contributed by atoms with Crippen LogP contribution in [0.2, 0.25) is 5.02 Å². The summed E-state index contributed by atoms with van der Waals surface area (Å²) in [5.74, 6) is 0.910. The number of amides is 1. The van der Waals surface area contributed by atoms with Crippen LogP contribution < -0.4 is 14.8 Å². The Labute approximate surface area is 121 Å². The highest BCUT2D eigenvalue weighted by Crippen LogP contribution is 2.35. The van der Waals surface area contributed by atoms with Crippen molar-refractivity contribution in [3.05, 3.63) is 58.6 Å². The zero-order valence-electron chi connectivity index (χ0n) is 10.6. The van der Waals surface area contributed by atoms with Crippen LogP contribution in [0.15, 0.2) is 42.5 Å². The molecule has 0 saturated carbocycles. The molecule has 5 heteroatoms. The topological polar surface area (TPSA) is 47.6 Å². The molecule has 0 aromatic heterocycles. The van der Waals surface area contributed by atoms with E-state index in [4.69, 9.17) is 21.1 Å². The predicted octanol–water partition coefficient (Wildman–Crippen LogP) is 3.00. The van der Waals surface area contributed by atoms with Crippen LogP contribution in [0.25, 0.3) is 0 Å². The van der Waals surface area contributed by atoms with Gasteiger partial charge in [0.2, 0.25) is 6.79 Å². The standard InChI is InChI=1S/C15H12ClNO3/c16-11-6-4-10(5-7-11)8-17-15(18)12-2-1-3-13-14(12)20-9-19-13/h1-7H,8-9H2,(H,17,18). The molecule has 102 valence electrons. The summed E-state index contributed by atoms with van der Waals surface area (Å²) >= 11 is 5.82. The van der Waals surface area contributed by atoms with Crippen LogP contribution >= 0.6 is 11.6 Å². The Morgan fingerprint density at radius 1 is 1.15 bits per heavy atom. The molecule has 20 heavy (non-hydrogen) atoms. The first-order chi connectivity index (χ1) is 9.74. The van der Waals surface area contributed by atoms with Gasteiger partial charge in [-0.25, -0.2) is 0 Å². The van der Waals surface area contributed by atoms with Crippen LogP contribution in [0.4, 0.5) is 0 Å². The number of hydrogen-bond acceptors (Lipinski definition) is 3. The van der Waals surface area contributed by atoms with Gasteiger partial charge in [-0.15, -0.1) is 0 Å². The highest BCUT2D eigenvalue weighted by Gasteiger charge is 2.21. The van der Waals surface area contributed by atoms with Gasteiger partial charge in [-0.05, 0) is 29.8 Å². The summed E-state index contributed by atoms with van der Waals surface area (Å²) < 4.78 is 10.6. The Morgan fingerprint density at radius 2 is 1.95 bits per heavy atom. The van der Waals surface area contributed by atoms with Crippen molar-refractivity contribution in [3.8, 4) is 11.5 Å². The number of nitrogens with one attached hydrogen (secondary N) is 1. The van der Waals surface area contributed by atoms with E-state index in [0.29, 0.717) is 28.6 Å². The lowest BCUT2D eigenvalue weighted by Gasteiger charge is -2.07. The van der Waals surface area contributed by atoms with Crippen molar-refractivity contribution in [2.45, 2.75) is 6.54 Å². The first-order valence-electron chi connectivity index (χ1n) is 6.15. The third-order valence-electron chi connectivity index (χ3n) is 3.01. The molecule has 1 aliphatic heterocycles. The number of ether oxygens (including phenoxy) is 2. The molecule has 0 saturated heterocycles. The van der Waals surface area contributed by atoms with Crippen LogP contribution in [-0.4, -0.2) is 12.7 Å². The van der Waals surface area contributed by atoms with Gasteiger partial charge in [-0.3, -0.25) is 4.79 Å². The third-order valence-corrected chi connectivity index (χ3v) is 3.26. The van der Waals surface area contributed by atoms with E-state index in [2.05, 4.69) is 5.32 Å². The molecular formula is C15H12ClNO3. The maximum absolute atomic E-state index is 12.2. The highest BCUT2D eigenvalue weighted by molar-refractivity contribution is 6.30. The van der Waals surface area contributed by atoms with Crippen LogP contribution in [0.5, 0.6) is 11.5 Å². The van der Waals surface area contributed by atoms with Crippen LogP contribution in [0.3, 0.4) is 0 Å². The van der Waals surface area contributed by atoms with E-state index in [-0.39, 0.29) is 12.7 Å². The molecule has 1 amide bonds. The second-order valence-corrected chi connectivity index (χ2v) is 4.78. The first-order valence-corrected chi connectivity index (χ1v) is 6.53. The number of rotatable bonds is 3. The summed E-state index contributed by atoms with van der Waals surface area (Å²) in [6.45, 7) is 0.581. The average molecular weight is 290 g/mol. The fraction of sp³-hybridized carbons (Fsp3) is 0.133. The molecule has 2 aromatic carbocycles. The summed E-state index contributed by atoms with van der Waals surface area (Å²) in [5.41, 5.74) is 1.46. The van der Waals surface area contributed by atoms with Crippen molar-refractivity contribution in [1.29, 1.82) is 0 Å². The molecular weight excluding hydrogens is 278 g/mol. The maximum Gasteiger partial charge on any atom is 0.255 e. The summed E-state index contributed by atoms with van der Waals surface area (Å²) in [6.07, 6.45) is 0. The molecule has 0 fully saturated rings. The van der Waals surface area contributed by atoms with E-state index in [1.165, 1.54) is 0 Å². The molecule has 0 aliphatic carbocycles. The van der Waals surface area contributed by atoms with Gasteiger partial charge in [-0.1, -0.05) is 29.8 Å². The van der Waals surface area contributed by atoms with Gasteiger partial charge in [0.1, 0.15) is 0 Å². The molecule has 1 heterocycles. The van der Waals surface area contributed by atoms with Crippen molar-refractivity contribution < 1.29 is 14.3 Å². The van der Waals surface area contributed by atoms with Crippen LogP contribution in [-0.2, 0) is 6.54 Å². The maximum atomic E-state index is 12.2. The SMILES string of the molecule is O=C(NCc1ccc(Cl)cc1)c1cccc2c1OCO2. The van der Waals surface area contributed by atoms with Crippen molar-refractivity contribution >= 4 is 17.5 Å². The fourth-order valence-electron chi connectivity index (χ4n) is 1.99. The summed E-state index contributed by atoms with van der Waals surface area (Å²) in [4.78, 5) is 12.2. The van der Waals surface area contributed by atoms with E-state index >= 15 is 0 Å². The second kappa shape index (κ2) is 5.43. The molecule has 4 nitrogen and oxygen atoms in total. The monoisotopic (exact) mass is 289 g/mol. The Hall–Kier alpha value is -2.20. The van der Waals surface area contributed by atoms with Gasteiger partial charge in [-0.2, -0.15) is 0 Å². The Bertz CT molecular complexity index is 640. The summed E-state index contributed by atoms with van der Waals surface area (Å²) in [6, 6.07) is 12.6. The van der Waals surface area contributed by atoms with Gasteiger partial charge < -0.3 is 14.8 Å². The van der Waals surface area contributed by atoms with Crippen LogP contribution in [0.1, 0.15) is 15.9 Å². The number of hydrogen-bond donors (Lipinski definition) is 1. The molecule has 0 atom stereocenters. The van der Waals surface area contributed by atoms with Crippen molar-refractivity contribution in [2.75, 3.05) is 6.79 Å². The molecule has 1 N–H and O–H groups in total. The smallest absolute Gasteiger partial charge is 0.255 e. The van der Waals surface area contributed by atoms with E-state index in [9.17, 15) is 4.79 Å². The number of para-hydroxylation sites is 1. The second-order valence-electron chi connectivity index (χ2n) is 4.35. The average Bonchev–Trinajstić information content (AvgIpc) is 2.94. The number of fused-ring (bicyclic) bond motifs is 1. The van der Waals surface area contributed by atoms with E-state index in [1.54, 1.807) is 30.3 Å². The lowest BCUT2D eigenvalue weighted by molar-refractivity contribution is 0.0946. The highest BCUT2D eigenvalue weighted by atomic mass is 35.5. The quantitative estimate of drug-likeness (QED) is 0.945. The zero-order valence-corrected chi connectivity index (χ0v) is 11.3. The number of carbonyl (C=O) groups excluding carboxylic acids is 1. The predicted molar refractivity (Wildman–Crippen MR) is 75.2 cm³/mol. The molecule has 1 aliphatic rings. The van der Waals surface area contributed by atoms with Crippen molar-refractivity contribution in [1.82, 2.24) is 5.32 Å². The minimum atomic E-state index is -0.192. The molecule has 0 spiro atoms. The van der Waals surface area contributed by atoms with Crippen LogP contribution in [0, 0.1) is 0 Å². The Kier molecular flexibility index (Phi) is 3.48. The molecule has 0 bridgehead atoms. The van der Waals surface area contributed by atoms with Crippen molar-refractivity contribution in [2.24, 2.45) is 0 Å². The first kappa shape index (κ1) is 12.8. The minimum Gasteiger partial charge on any atom is -0.454 e. The van der Waals surface area contributed by atoms with Gasteiger partial charge in [0.05, 0.1) is 5.56 Å². The fourth-order valence-corrected chi connectivity index (χ4v) is 2.11. The van der Waals surface area contributed by atoms with Gasteiger partial charge in [0.15, 0.2) is 11.5 Å². The zero-order chi connectivity index (χ0) is 13.9. The molecule has 3 rings (SSSR count). The minimum absolute atomic E-state index is 0.150. The molecule has 0 radical (unpaired) electrons. The number of benzene rings is 2. The summed E-state index contributed by atoms with van der Waals surface area (Å²) in [7, 11) is 0. The lowest BCUT2D eigenvalue weighted by atomic mass is 10.1. The third kappa shape index (κ3) is 2.56. The largest absolute Gasteiger partial charge is 0.454 e. The number of halogens is 1. The normalized spacial score (nSPS) is 12.2. The van der Waals surface area contributed by atoms with Crippen molar-refractivity contribution in [3.63, 3.8) is 0 Å². The molecule has 0 unspecified atom stereocenters. The lowest BCUT2D eigenvalue weighted by Crippen LogP contribution is -2.23. The van der Waals surface area contributed by atoms with Gasteiger partial charge >= 0.3 is 0 Å². The number of carbonyl (C=O) groups is 1. The Morgan fingerprint density at radius 3 is 2.75 bits per heavy atom. The van der Waals surface area contributed by atoms with Gasteiger partial charge in [0.25, 0.3) is 5.91 Å². The van der Waals surface area contributed by atoms with E-state index in [0.717, 1.165) is 5.56 Å². The van der Waals surface area contributed by atoms with E-state index < -0.39 is 0 Å². The van der Waals surface area contributed by atoms with Gasteiger partial charge in [0, 0.05) is 11.6 Å².